The van der Waals surface area contributed by atoms with E-state index in [1.54, 1.807) is 6.08 Å². The van der Waals surface area contributed by atoms with E-state index in [0.29, 0.717) is 13.0 Å². The lowest BCUT2D eigenvalue weighted by molar-refractivity contribution is -0.332. The fourth-order valence-corrected chi connectivity index (χ4v) is 8.39. The van der Waals surface area contributed by atoms with E-state index in [9.17, 15) is 40.5 Å². The summed E-state index contributed by atoms with van der Waals surface area (Å²) < 4.78 is 34.2. The van der Waals surface area contributed by atoms with Crippen LogP contribution in [0.5, 0.6) is 0 Å². The molecule has 73 heavy (non-hydrogen) atoms. The fourth-order valence-electron chi connectivity index (χ4n) is 8.39. The van der Waals surface area contributed by atoms with Gasteiger partial charge in [0.15, 0.2) is 12.6 Å². The minimum Gasteiger partial charge on any atom is -0.457 e. The summed E-state index contributed by atoms with van der Waals surface area (Å²) in [6, 6.07) is 0. The van der Waals surface area contributed by atoms with Gasteiger partial charge >= 0.3 is 5.97 Å². The molecule has 0 aromatic carbocycles. The van der Waals surface area contributed by atoms with Crippen molar-refractivity contribution in [3.8, 4) is 0 Å². The molecule has 2 fully saturated rings. The zero-order valence-corrected chi connectivity index (χ0v) is 44.8. The number of unbranched alkanes of at least 4 members (excludes halogenated alkanes) is 17. The lowest BCUT2D eigenvalue weighted by atomic mass is 9.98. The van der Waals surface area contributed by atoms with Crippen LogP contribution in [0, 0.1) is 0 Å². The van der Waals surface area contributed by atoms with Crippen molar-refractivity contribution in [2.75, 3.05) is 33.0 Å². The summed E-state index contributed by atoms with van der Waals surface area (Å²) in [5, 5.41) is 72.2. The Bertz CT molecular complexity index is 1530. The Labute approximate surface area is 439 Å². The van der Waals surface area contributed by atoms with Crippen LogP contribution in [-0.2, 0) is 33.2 Å². The molecule has 0 radical (unpaired) electrons. The van der Waals surface area contributed by atoms with E-state index in [-0.39, 0.29) is 19.6 Å². The Morgan fingerprint density at radius 2 is 0.890 bits per heavy atom. The molecular formula is C59H100O14. The Hall–Kier alpha value is -2.83. The summed E-state index contributed by atoms with van der Waals surface area (Å²) in [6.07, 6.45) is 42.5. The van der Waals surface area contributed by atoms with Gasteiger partial charge in [-0.25, -0.2) is 0 Å². The van der Waals surface area contributed by atoms with Crippen molar-refractivity contribution in [2.24, 2.45) is 0 Å². The maximum absolute atomic E-state index is 13.0. The number of ether oxygens (including phenoxy) is 6. The van der Waals surface area contributed by atoms with Crippen molar-refractivity contribution in [2.45, 2.75) is 248 Å². The van der Waals surface area contributed by atoms with Gasteiger partial charge in [-0.05, 0) is 70.6 Å². The first-order valence-electron chi connectivity index (χ1n) is 28.2. The van der Waals surface area contributed by atoms with Crippen molar-refractivity contribution < 1.29 is 69.0 Å². The number of hydrogen-bond acceptors (Lipinski definition) is 14. The van der Waals surface area contributed by atoms with Crippen LogP contribution in [0.2, 0.25) is 0 Å². The van der Waals surface area contributed by atoms with Crippen LogP contribution in [-0.4, -0.2) is 142 Å². The fraction of sp³-hybridized carbons (Fsp3) is 0.746. The zero-order chi connectivity index (χ0) is 53.0. The molecular weight excluding hydrogens is 933 g/mol. The molecule has 11 unspecified atom stereocenters. The van der Waals surface area contributed by atoms with Gasteiger partial charge in [0.2, 0.25) is 0 Å². The number of allylic oxidation sites excluding steroid dienone is 13. The Balaban J connectivity index is 1.73. The molecule has 14 nitrogen and oxygen atoms in total. The number of aliphatic hydroxyl groups is 7. The van der Waals surface area contributed by atoms with E-state index in [4.69, 9.17) is 28.4 Å². The minimum atomic E-state index is -1.73. The van der Waals surface area contributed by atoms with Crippen molar-refractivity contribution in [3.05, 3.63) is 85.1 Å². The van der Waals surface area contributed by atoms with Gasteiger partial charge in [0, 0.05) is 6.61 Å². The lowest BCUT2D eigenvalue weighted by Crippen LogP contribution is -2.61. The topological polar surface area (TPSA) is 214 Å². The molecule has 2 heterocycles. The average molecular weight is 1030 g/mol. The number of aliphatic hydroxyl groups excluding tert-OH is 7. The lowest BCUT2D eigenvalue weighted by Gasteiger charge is -2.42. The summed E-state index contributed by atoms with van der Waals surface area (Å²) in [5.74, 6) is -0.504. The molecule has 2 saturated heterocycles. The van der Waals surface area contributed by atoms with Gasteiger partial charge in [-0.3, -0.25) is 4.79 Å². The quantitative estimate of drug-likeness (QED) is 0.0172. The number of rotatable bonds is 44. The van der Waals surface area contributed by atoms with E-state index in [0.717, 1.165) is 51.4 Å². The van der Waals surface area contributed by atoms with E-state index in [1.807, 2.05) is 12.2 Å². The summed E-state index contributed by atoms with van der Waals surface area (Å²) in [7, 11) is 0. The Morgan fingerprint density at radius 3 is 1.40 bits per heavy atom. The van der Waals surface area contributed by atoms with Crippen LogP contribution in [0.3, 0.4) is 0 Å². The SMILES string of the molecule is CC/C=C\C/C=C\C/C=C\C/C=C\C/C=C\CC(=O)OC(COCCCCCCCCCCCCCC/C=C\C/C=C\CCCCCCC)COC1OC(COC2OC(CO)C(O)C(O)C2O)C(O)C(O)C1O. The van der Waals surface area contributed by atoms with Gasteiger partial charge in [0.25, 0.3) is 0 Å². The van der Waals surface area contributed by atoms with Crippen molar-refractivity contribution in [1.82, 2.24) is 0 Å². The second kappa shape index (κ2) is 45.4. The van der Waals surface area contributed by atoms with Gasteiger partial charge in [0.05, 0.1) is 32.8 Å². The van der Waals surface area contributed by atoms with Crippen LogP contribution in [0.4, 0.5) is 0 Å². The smallest absolute Gasteiger partial charge is 0.310 e. The van der Waals surface area contributed by atoms with Gasteiger partial charge in [-0.2, -0.15) is 0 Å². The number of carbonyl (C=O) groups is 1. The van der Waals surface area contributed by atoms with E-state index < -0.39 is 86.7 Å². The number of carbonyl (C=O) groups excluding carboxylic acids is 1. The van der Waals surface area contributed by atoms with E-state index in [1.165, 1.54) is 103 Å². The van der Waals surface area contributed by atoms with E-state index in [2.05, 4.69) is 80.7 Å². The highest BCUT2D eigenvalue weighted by Crippen LogP contribution is 2.26. The third-order valence-corrected chi connectivity index (χ3v) is 12.9. The summed E-state index contributed by atoms with van der Waals surface area (Å²) in [4.78, 5) is 13.0. The molecule has 0 aromatic heterocycles. The first kappa shape index (κ1) is 66.3. The number of esters is 1. The van der Waals surface area contributed by atoms with E-state index >= 15 is 0 Å². The predicted octanol–water partition coefficient (Wildman–Crippen LogP) is 9.63. The van der Waals surface area contributed by atoms with Gasteiger partial charge in [0.1, 0.15) is 54.9 Å². The van der Waals surface area contributed by atoms with Crippen molar-refractivity contribution in [1.29, 1.82) is 0 Å². The Kier molecular flexibility index (Phi) is 41.2. The largest absolute Gasteiger partial charge is 0.457 e. The molecule has 0 aromatic rings. The van der Waals surface area contributed by atoms with Crippen LogP contribution in [0.15, 0.2) is 85.1 Å². The Morgan fingerprint density at radius 1 is 0.466 bits per heavy atom. The number of hydrogen-bond donors (Lipinski definition) is 7. The molecule has 420 valence electrons. The van der Waals surface area contributed by atoms with Crippen LogP contribution >= 0.6 is 0 Å². The van der Waals surface area contributed by atoms with Crippen LogP contribution in [0.1, 0.15) is 181 Å². The molecule has 0 saturated carbocycles. The first-order chi connectivity index (χ1) is 35.6. The zero-order valence-electron chi connectivity index (χ0n) is 44.8. The van der Waals surface area contributed by atoms with Crippen molar-refractivity contribution >= 4 is 5.97 Å². The molecule has 0 spiro atoms. The third kappa shape index (κ3) is 32.4. The van der Waals surface area contributed by atoms with Gasteiger partial charge in [-0.1, -0.05) is 189 Å². The highest BCUT2D eigenvalue weighted by Gasteiger charge is 2.47. The normalized spacial score (nSPS) is 25.6. The summed E-state index contributed by atoms with van der Waals surface area (Å²) >= 11 is 0. The maximum atomic E-state index is 13.0. The molecule has 2 aliphatic heterocycles. The highest BCUT2D eigenvalue weighted by molar-refractivity contribution is 5.71. The second-order valence-corrected chi connectivity index (χ2v) is 19.4. The summed E-state index contributed by atoms with van der Waals surface area (Å²) in [5.41, 5.74) is 0. The molecule has 7 N–H and O–H groups in total. The second-order valence-electron chi connectivity index (χ2n) is 19.4. The highest BCUT2D eigenvalue weighted by atomic mass is 16.7. The third-order valence-electron chi connectivity index (χ3n) is 12.9. The monoisotopic (exact) mass is 1030 g/mol. The molecule has 0 aliphatic carbocycles. The predicted molar refractivity (Wildman–Crippen MR) is 288 cm³/mol. The molecule has 0 amide bonds. The average Bonchev–Trinajstić information content (AvgIpc) is 3.39. The standard InChI is InChI=1S/C59H100O14/c1-3-5-7-9-11-13-15-17-19-20-21-22-23-24-25-26-27-29-31-33-35-37-39-41-43-68-45-48(71-51(61)42-40-38-36-34-32-30-28-18-16-14-12-10-8-6-4-2)46-69-58-57(67)55(65)53(63)50(73-58)47-70-59-56(66)54(64)52(62)49(44-60)72-59/h6,8,12,14-15,17-18,20-21,28,32,34,38,40,48-50,52-60,62-67H,3-5,7,9-11,13,16,19,22-27,29-31,33,35-37,39,41-47H2,1-2H3/b8-6-,14-12-,17-15-,21-20-,28-18-,34-32-,40-38-. The molecule has 2 aliphatic rings. The minimum absolute atomic E-state index is 0.0166. The molecule has 2 rings (SSSR count). The maximum Gasteiger partial charge on any atom is 0.310 e. The van der Waals surface area contributed by atoms with Crippen LogP contribution in [0.25, 0.3) is 0 Å². The van der Waals surface area contributed by atoms with Crippen LogP contribution < -0.4 is 0 Å². The van der Waals surface area contributed by atoms with Gasteiger partial charge < -0.3 is 64.2 Å². The molecule has 11 atom stereocenters. The van der Waals surface area contributed by atoms with Crippen molar-refractivity contribution in [3.63, 3.8) is 0 Å². The molecule has 14 heteroatoms. The molecule has 0 bridgehead atoms. The first-order valence-corrected chi connectivity index (χ1v) is 28.2. The van der Waals surface area contributed by atoms with Gasteiger partial charge in [-0.15, -0.1) is 0 Å². The summed E-state index contributed by atoms with van der Waals surface area (Å²) in [6.45, 7) is 3.42.